The fourth-order valence-corrected chi connectivity index (χ4v) is 2.81. The van der Waals surface area contributed by atoms with E-state index in [0.717, 1.165) is 18.4 Å². The number of carbonyl (C=O) groups is 2. The molecule has 1 fully saturated rings. The van der Waals surface area contributed by atoms with E-state index in [1.54, 1.807) is 4.90 Å². The minimum absolute atomic E-state index is 0.211. The predicted molar refractivity (Wildman–Crippen MR) is 93.5 cm³/mol. The minimum Gasteiger partial charge on any atom is -0.445 e. The summed E-state index contributed by atoms with van der Waals surface area (Å²) < 4.78 is 5.34. The molecule has 0 aliphatic carbocycles. The first-order valence-electron chi connectivity index (χ1n) is 8.94. The van der Waals surface area contributed by atoms with Crippen molar-refractivity contribution in [1.29, 1.82) is 0 Å². The van der Waals surface area contributed by atoms with Crippen molar-refractivity contribution in [2.75, 3.05) is 26.2 Å². The van der Waals surface area contributed by atoms with E-state index >= 15 is 0 Å². The molecule has 0 bridgehead atoms. The number of ether oxygens (including phenoxy) is 1. The number of benzene rings is 1. The number of carbonyl (C=O) groups excluding carboxylic acids is 2. The quantitative estimate of drug-likeness (QED) is 0.719. The molecule has 132 valence electrons. The molecule has 0 saturated carbocycles. The van der Waals surface area contributed by atoms with Crippen molar-refractivity contribution in [1.82, 2.24) is 9.80 Å². The summed E-state index contributed by atoms with van der Waals surface area (Å²) >= 11 is 0. The molecule has 0 N–H and O–H groups in total. The van der Waals surface area contributed by atoms with Gasteiger partial charge in [0.2, 0.25) is 5.91 Å². The van der Waals surface area contributed by atoms with Gasteiger partial charge in [0, 0.05) is 32.6 Å². The Bertz CT molecular complexity index is 511. The maximum atomic E-state index is 12.1. The third-order valence-electron chi connectivity index (χ3n) is 4.34. The molecule has 0 unspecified atom stereocenters. The molecule has 5 heteroatoms. The number of rotatable bonds is 7. The van der Waals surface area contributed by atoms with Crippen LogP contribution in [0, 0.1) is 0 Å². The van der Waals surface area contributed by atoms with Gasteiger partial charge in [-0.1, -0.05) is 56.5 Å². The van der Waals surface area contributed by atoms with Crippen LogP contribution in [-0.2, 0) is 16.1 Å². The topological polar surface area (TPSA) is 49.9 Å². The summed E-state index contributed by atoms with van der Waals surface area (Å²) in [5.74, 6) is 0.211. The molecular weight excluding hydrogens is 304 g/mol. The number of nitrogens with zero attached hydrogens (tertiary/aromatic N) is 2. The van der Waals surface area contributed by atoms with E-state index in [0.29, 0.717) is 32.6 Å². The average molecular weight is 332 g/mol. The Morgan fingerprint density at radius 2 is 1.62 bits per heavy atom. The van der Waals surface area contributed by atoms with E-state index < -0.39 is 0 Å². The molecule has 0 spiro atoms. The third-order valence-corrected chi connectivity index (χ3v) is 4.34. The van der Waals surface area contributed by atoms with Crippen molar-refractivity contribution in [3.8, 4) is 0 Å². The summed E-state index contributed by atoms with van der Waals surface area (Å²) in [5, 5.41) is 0. The molecule has 1 aromatic rings. The van der Waals surface area contributed by atoms with Gasteiger partial charge in [-0.15, -0.1) is 0 Å². The number of amides is 2. The molecule has 5 nitrogen and oxygen atoms in total. The van der Waals surface area contributed by atoms with Crippen LogP contribution < -0.4 is 0 Å². The van der Waals surface area contributed by atoms with Gasteiger partial charge in [0.15, 0.2) is 0 Å². The van der Waals surface area contributed by atoms with Crippen LogP contribution in [0.2, 0.25) is 0 Å². The molecule has 2 amide bonds. The highest BCUT2D eigenvalue weighted by Gasteiger charge is 2.24. The van der Waals surface area contributed by atoms with Gasteiger partial charge in [0.25, 0.3) is 0 Å². The van der Waals surface area contributed by atoms with E-state index in [4.69, 9.17) is 4.74 Å². The second-order valence-electron chi connectivity index (χ2n) is 6.22. The molecule has 24 heavy (non-hydrogen) atoms. The van der Waals surface area contributed by atoms with Crippen LogP contribution in [0.1, 0.15) is 44.6 Å². The number of hydrogen-bond donors (Lipinski definition) is 0. The highest BCUT2D eigenvalue weighted by molar-refractivity contribution is 5.76. The Morgan fingerprint density at radius 3 is 2.29 bits per heavy atom. The van der Waals surface area contributed by atoms with Crippen LogP contribution in [0.25, 0.3) is 0 Å². The minimum atomic E-state index is -0.297. The summed E-state index contributed by atoms with van der Waals surface area (Å²) in [5.41, 5.74) is 0.978. The summed E-state index contributed by atoms with van der Waals surface area (Å²) in [4.78, 5) is 27.8. The molecule has 1 aliphatic heterocycles. The van der Waals surface area contributed by atoms with Gasteiger partial charge in [0.05, 0.1) is 0 Å². The van der Waals surface area contributed by atoms with E-state index in [2.05, 4.69) is 6.92 Å². The van der Waals surface area contributed by atoms with Gasteiger partial charge >= 0.3 is 6.09 Å². The van der Waals surface area contributed by atoms with E-state index in [-0.39, 0.29) is 18.6 Å². The lowest BCUT2D eigenvalue weighted by Gasteiger charge is -2.34. The number of piperazine rings is 1. The normalized spacial score (nSPS) is 14.5. The van der Waals surface area contributed by atoms with Crippen LogP contribution in [0.15, 0.2) is 30.3 Å². The van der Waals surface area contributed by atoms with Gasteiger partial charge in [0.1, 0.15) is 6.61 Å². The maximum Gasteiger partial charge on any atom is 0.410 e. The molecule has 1 saturated heterocycles. The van der Waals surface area contributed by atoms with Gasteiger partial charge in [-0.3, -0.25) is 4.79 Å². The first kappa shape index (κ1) is 18.3. The van der Waals surface area contributed by atoms with Crippen LogP contribution in [0.4, 0.5) is 4.79 Å². The van der Waals surface area contributed by atoms with Crippen LogP contribution in [0.5, 0.6) is 0 Å². The van der Waals surface area contributed by atoms with Gasteiger partial charge in [-0.25, -0.2) is 4.79 Å². The Kier molecular flexibility index (Phi) is 7.59. The van der Waals surface area contributed by atoms with Crippen LogP contribution >= 0.6 is 0 Å². The third kappa shape index (κ3) is 5.87. The molecule has 1 aliphatic rings. The first-order chi connectivity index (χ1) is 11.7. The summed E-state index contributed by atoms with van der Waals surface area (Å²) in [6.07, 6.45) is 4.78. The van der Waals surface area contributed by atoms with E-state index in [1.807, 2.05) is 35.2 Å². The maximum absolute atomic E-state index is 12.1. The van der Waals surface area contributed by atoms with Gasteiger partial charge in [-0.2, -0.15) is 0 Å². The van der Waals surface area contributed by atoms with Gasteiger partial charge < -0.3 is 14.5 Å². The fourth-order valence-electron chi connectivity index (χ4n) is 2.81. The van der Waals surface area contributed by atoms with E-state index in [9.17, 15) is 9.59 Å². The monoisotopic (exact) mass is 332 g/mol. The summed E-state index contributed by atoms with van der Waals surface area (Å²) in [6.45, 7) is 4.76. The zero-order valence-electron chi connectivity index (χ0n) is 14.6. The lowest BCUT2D eigenvalue weighted by atomic mass is 10.1. The zero-order valence-corrected chi connectivity index (χ0v) is 14.6. The van der Waals surface area contributed by atoms with Gasteiger partial charge in [-0.05, 0) is 12.0 Å². The second-order valence-corrected chi connectivity index (χ2v) is 6.22. The number of hydrogen-bond acceptors (Lipinski definition) is 3. The van der Waals surface area contributed by atoms with Crippen molar-refractivity contribution >= 4 is 12.0 Å². The zero-order chi connectivity index (χ0) is 17.2. The van der Waals surface area contributed by atoms with Crippen molar-refractivity contribution in [3.63, 3.8) is 0 Å². The highest BCUT2D eigenvalue weighted by atomic mass is 16.6. The molecular formula is C19H28N2O3. The molecule has 2 rings (SSSR count). The molecule has 1 aromatic carbocycles. The van der Waals surface area contributed by atoms with Crippen molar-refractivity contribution in [2.24, 2.45) is 0 Å². The standard InChI is InChI=1S/C19H28N2O3/c1-2-3-4-8-11-18(22)20-12-14-21(15-13-20)19(23)24-16-17-9-6-5-7-10-17/h5-7,9-10H,2-4,8,11-16H2,1H3. The molecule has 0 aromatic heterocycles. The Balaban J connectivity index is 1.66. The summed E-state index contributed by atoms with van der Waals surface area (Å²) in [7, 11) is 0. The van der Waals surface area contributed by atoms with Crippen LogP contribution in [0.3, 0.4) is 0 Å². The lowest BCUT2D eigenvalue weighted by Crippen LogP contribution is -2.50. The summed E-state index contributed by atoms with van der Waals surface area (Å²) in [6, 6.07) is 9.65. The second kappa shape index (κ2) is 9.96. The van der Waals surface area contributed by atoms with Crippen molar-refractivity contribution in [3.05, 3.63) is 35.9 Å². The van der Waals surface area contributed by atoms with E-state index in [1.165, 1.54) is 12.8 Å². The number of unbranched alkanes of at least 4 members (excludes halogenated alkanes) is 3. The molecule has 1 heterocycles. The van der Waals surface area contributed by atoms with Crippen molar-refractivity contribution in [2.45, 2.75) is 45.6 Å². The molecule has 0 atom stereocenters. The lowest BCUT2D eigenvalue weighted by molar-refractivity contribution is -0.132. The predicted octanol–water partition coefficient (Wildman–Crippen LogP) is 3.44. The fraction of sp³-hybridized carbons (Fsp3) is 0.579. The van der Waals surface area contributed by atoms with Crippen LogP contribution in [-0.4, -0.2) is 48.0 Å². The largest absolute Gasteiger partial charge is 0.445 e. The Labute approximate surface area is 144 Å². The highest BCUT2D eigenvalue weighted by Crippen LogP contribution is 2.10. The Morgan fingerprint density at radius 1 is 0.958 bits per heavy atom. The smallest absolute Gasteiger partial charge is 0.410 e. The SMILES string of the molecule is CCCCCCC(=O)N1CCN(C(=O)OCc2ccccc2)CC1. The Hall–Kier alpha value is -2.04. The average Bonchev–Trinajstić information content (AvgIpc) is 2.64. The first-order valence-corrected chi connectivity index (χ1v) is 8.94. The van der Waals surface area contributed by atoms with Crippen molar-refractivity contribution < 1.29 is 14.3 Å². The molecule has 0 radical (unpaired) electrons.